The lowest BCUT2D eigenvalue weighted by Crippen LogP contribution is -2.52. The molecule has 2 atom stereocenters. The summed E-state index contributed by atoms with van der Waals surface area (Å²) in [6, 6.07) is 0. The third-order valence-corrected chi connectivity index (χ3v) is 7.57. The third kappa shape index (κ3) is 2.08. The quantitative estimate of drug-likeness (QED) is 0.577. The highest BCUT2D eigenvalue weighted by molar-refractivity contribution is 6.05. The molecular formula is C20H27NO2. The van der Waals surface area contributed by atoms with Crippen molar-refractivity contribution in [2.24, 2.45) is 35.0 Å². The summed E-state index contributed by atoms with van der Waals surface area (Å²) in [7, 11) is 0. The summed E-state index contributed by atoms with van der Waals surface area (Å²) in [6.07, 6.45) is 11.8. The first-order valence-corrected chi connectivity index (χ1v) is 9.54. The molecule has 3 heteroatoms. The maximum atomic E-state index is 12.9. The Hall–Kier alpha value is -1.12. The van der Waals surface area contributed by atoms with Crippen molar-refractivity contribution in [3.05, 3.63) is 11.6 Å². The molecule has 0 unspecified atom stereocenters. The second kappa shape index (κ2) is 4.70. The first-order chi connectivity index (χ1) is 11.0. The lowest BCUT2D eigenvalue weighted by atomic mass is 9.49. The molecule has 1 saturated heterocycles. The minimum atomic E-state index is -0.0555. The summed E-state index contributed by atoms with van der Waals surface area (Å²) < 4.78 is 0. The van der Waals surface area contributed by atoms with Gasteiger partial charge in [-0.2, -0.15) is 0 Å². The van der Waals surface area contributed by atoms with E-state index >= 15 is 0 Å². The van der Waals surface area contributed by atoms with Gasteiger partial charge in [0.15, 0.2) is 0 Å². The lowest BCUT2D eigenvalue weighted by molar-refractivity contribution is -0.146. The van der Waals surface area contributed by atoms with Crippen molar-refractivity contribution in [3.63, 3.8) is 0 Å². The Kier molecular flexibility index (Phi) is 2.91. The van der Waals surface area contributed by atoms with Crippen LogP contribution in [0.25, 0.3) is 0 Å². The predicted molar refractivity (Wildman–Crippen MR) is 87.3 cm³/mol. The van der Waals surface area contributed by atoms with Crippen LogP contribution in [0.1, 0.15) is 58.3 Å². The normalized spacial score (nSPS) is 48.0. The number of nitrogens with zero attached hydrogens (tertiary/aromatic N) is 1. The number of rotatable bonds is 2. The van der Waals surface area contributed by atoms with E-state index in [1.807, 2.05) is 0 Å². The van der Waals surface area contributed by atoms with Crippen LogP contribution >= 0.6 is 0 Å². The topological polar surface area (TPSA) is 37.4 Å². The minimum Gasteiger partial charge on any atom is -0.282 e. The molecule has 5 fully saturated rings. The van der Waals surface area contributed by atoms with Crippen molar-refractivity contribution in [1.29, 1.82) is 0 Å². The molecule has 6 aliphatic rings. The maximum absolute atomic E-state index is 12.9. The SMILES string of the molecule is CC1=CC[C@@H]2C(=O)N(CC34CC5CC(CC(C5)C3)C4)C(=O)[C@@H]2C1. The van der Waals surface area contributed by atoms with Gasteiger partial charge in [-0.25, -0.2) is 0 Å². The smallest absolute Gasteiger partial charge is 0.233 e. The summed E-state index contributed by atoms with van der Waals surface area (Å²) in [5, 5.41) is 0. The summed E-state index contributed by atoms with van der Waals surface area (Å²) in [4.78, 5) is 27.5. The van der Waals surface area contributed by atoms with E-state index in [1.165, 1.54) is 44.1 Å². The molecule has 0 spiro atoms. The number of likely N-dealkylation sites (tertiary alicyclic amines) is 1. The molecule has 0 aromatic carbocycles. The molecule has 0 radical (unpaired) electrons. The van der Waals surface area contributed by atoms with Crippen molar-refractivity contribution in [2.45, 2.75) is 58.3 Å². The highest BCUT2D eigenvalue weighted by atomic mass is 16.2. The summed E-state index contributed by atoms with van der Waals surface area (Å²) in [5.41, 5.74) is 1.56. The van der Waals surface area contributed by atoms with Gasteiger partial charge in [-0.3, -0.25) is 14.5 Å². The van der Waals surface area contributed by atoms with Gasteiger partial charge >= 0.3 is 0 Å². The van der Waals surface area contributed by atoms with Gasteiger partial charge in [0.25, 0.3) is 0 Å². The Morgan fingerprint density at radius 1 is 1.00 bits per heavy atom. The highest BCUT2D eigenvalue weighted by Gasteiger charge is 2.55. The monoisotopic (exact) mass is 313 g/mol. The molecule has 3 nitrogen and oxygen atoms in total. The zero-order valence-corrected chi connectivity index (χ0v) is 14.1. The van der Waals surface area contributed by atoms with Gasteiger partial charge < -0.3 is 0 Å². The number of amides is 2. The first kappa shape index (κ1) is 14.2. The Morgan fingerprint density at radius 2 is 1.57 bits per heavy atom. The van der Waals surface area contributed by atoms with Crippen LogP contribution in [-0.2, 0) is 9.59 Å². The van der Waals surface area contributed by atoms with Crippen LogP contribution in [0.3, 0.4) is 0 Å². The first-order valence-electron chi connectivity index (χ1n) is 9.54. The largest absolute Gasteiger partial charge is 0.282 e. The van der Waals surface area contributed by atoms with E-state index in [9.17, 15) is 9.59 Å². The molecule has 0 aromatic rings. The van der Waals surface area contributed by atoms with Crippen LogP contribution in [0.4, 0.5) is 0 Å². The Labute approximate surface area is 138 Å². The van der Waals surface area contributed by atoms with E-state index in [0.717, 1.165) is 37.1 Å². The molecule has 0 aromatic heterocycles. The lowest BCUT2D eigenvalue weighted by Gasteiger charge is -2.57. The van der Waals surface area contributed by atoms with Gasteiger partial charge in [-0.05, 0) is 81.5 Å². The van der Waals surface area contributed by atoms with Crippen LogP contribution < -0.4 is 0 Å². The van der Waals surface area contributed by atoms with Crippen molar-refractivity contribution in [3.8, 4) is 0 Å². The van der Waals surface area contributed by atoms with E-state index in [4.69, 9.17) is 0 Å². The number of hydrogen-bond acceptors (Lipinski definition) is 2. The molecule has 1 heterocycles. The van der Waals surface area contributed by atoms with E-state index < -0.39 is 0 Å². The van der Waals surface area contributed by atoms with Gasteiger partial charge in [-0.15, -0.1) is 0 Å². The average Bonchev–Trinajstić information content (AvgIpc) is 2.70. The van der Waals surface area contributed by atoms with Gasteiger partial charge in [-0.1, -0.05) is 11.6 Å². The summed E-state index contributed by atoms with van der Waals surface area (Å²) in [6.45, 7) is 2.83. The van der Waals surface area contributed by atoms with Crippen molar-refractivity contribution in [2.75, 3.05) is 6.54 Å². The number of allylic oxidation sites excluding steroid dienone is 2. The van der Waals surface area contributed by atoms with E-state index in [-0.39, 0.29) is 29.1 Å². The van der Waals surface area contributed by atoms with E-state index in [2.05, 4.69) is 13.0 Å². The number of carbonyl (C=O) groups excluding carboxylic acids is 2. The fourth-order valence-electron chi connectivity index (χ4n) is 7.08. The van der Waals surface area contributed by atoms with E-state index in [0.29, 0.717) is 0 Å². The second-order valence-corrected chi connectivity index (χ2v) is 9.38. The Bertz CT molecular complexity index is 569. The molecule has 2 amide bonds. The third-order valence-electron chi connectivity index (χ3n) is 7.57. The van der Waals surface area contributed by atoms with Gasteiger partial charge in [0, 0.05) is 6.54 Å². The van der Waals surface area contributed by atoms with E-state index in [1.54, 1.807) is 4.90 Å². The number of imide groups is 1. The summed E-state index contributed by atoms with van der Waals surface area (Å²) >= 11 is 0. The molecule has 6 rings (SSSR count). The maximum Gasteiger partial charge on any atom is 0.233 e. The summed E-state index contributed by atoms with van der Waals surface area (Å²) in [5.74, 6) is 2.80. The second-order valence-electron chi connectivity index (χ2n) is 9.38. The Balaban J connectivity index is 1.39. The molecule has 1 aliphatic heterocycles. The van der Waals surface area contributed by atoms with Gasteiger partial charge in [0.2, 0.25) is 11.8 Å². The highest BCUT2D eigenvalue weighted by Crippen LogP contribution is 2.60. The molecule has 23 heavy (non-hydrogen) atoms. The van der Waals surface area contributed by atoms with Crippen molar-refractivity contribution < 1.29 is 9.59 Å². The number of carbonyl (C=O) groups is 2. The van der Waals surface area contributed by atoms with Crippen LogP contribution in [0, 0.1) is 35.0 Å². The molecular weight excluding hydrogens is 286 g/mol. The van der Waals surface area contributed by atoms with Crippen LogP contribution in [-0.4, -0.2) is 23.3 Å². The number of fused-ring (bicyclic) bond motifs is 1. The fraction of sp³-hybridized carbons (Fsp3) is 0.800. The Morgan fingerprint density at radius 3 is 2.17 bits per heavy atom. The van der Waals surface area contributed by atoms with Crippen LogP contribution in [0.15, 0.2) is 11.6 Å². The van der Waals surface area contributed by atoms with Crippen LogP contribution in [0.5, 0.6) is 0 Å². The van der Waals surface area contributed by atoms with Crippen LogP contribution in [0.2, 0.25) is 0 Å². The standard InChI is InChI=1S/C20H27NO2/c1-12-2-3-16-17(4-12)19(23)21(18(16)22)11-20-8-13-5-14(9-20)7-15(6-13)10-20/h2,13-17H,3-11H2,1H3/t13?,14?,15?,16-,17+,20?/m0/s1. The molecule has 5 aliphatic carbocycles. The molecule has 4 bridgehead atoms. The zero-order chi connectivity index (χ0) is 15.8. The molecule has 124 valence electrons. The molecule has 4 saturated carbocycles. The average molecular weight is 313 g/mol. The minimum absolute atomic E-state index is 0.0542. The van der Waals surface area contributed by atoms with Crippen molar-refractivity contribution in [1.82, 2.24) is 4.90 Å². The van der Waals surface area contributed by atoms with Gasteiger partial charge in [0.05, 0.1) is 11.8 Å². The fourth-order valence-corrected chi connectivity index (χ4v) is 7.08. The van der Waals surface area contributed by atoms with Gasteiger partial charge in [0.1, 0.15) is 0 Å². The molecule has 0 N–H and O–H groups in total. The zero-order valence-electron chi connectivity index (χ0n) is 14.1. The number of hydrogen-bond donors (Lipinski definition) is 0. The predicted octanol–water partition coefficient (Wildman–Crippen LogP) is 3.54. The van der Waals surface area contributed by atoms with Crippen molar-refractivity contribution >= 4 is 11.8 Å².